The van der Waals surface area contributed by atoms with E-state index in [2.05, 4.69) is 6.92 Å². The van der Waals surface area contributed by atoms with Crippen molar-refractivity contribution in [2.45, 2.75) is 51.6 Å². The molecule has 0 spiro atoms. The molecule has 7 nitrogen and oxygen atoms in total. The molecule has 0 aliphatic rings. The molecule has 0 radical (unpaired) electrons. The highest BCUT2D eigenvalue weighted by Crippen LogP contribution is 2.45. The second kappa shape index (κ2) is 9.22. The number of hydrogen-bond acceptors (Lipinski definition) is 2. The molecule has 0 saturated heterocycles. The van der Waals surface area contributed by atoms with E-state index in [1.165, 1.54) is 0 Å². The number of rotatable bonds is 6. The Morgan fingerprint density at radius 2 is 1.35 bits per heavy atom. The molecule has 0 rings (SSSR count). The van der Waals surface area contributed by atoms with Gasteiger partial charge in [-0.25, -0.2) is 4.57 Å². The molecule has 0 aliphatic carbocycles. The maximum Gasteiger partial charge on any atom is 0.466 e. The fraction of sp³-hybridized carbons (Fsp3) is 1.00. The van der Waals surface area contributed by atoms with E-state index < -0.39 is 21.1 Å². The quantitative estimate of drug-likeness (QED) is 0.370. The largest absolute Gasteiger partial charge is 0.466 e. The molecule has 0 aromatic carbocycles. The molecular formula is C8H22O7P2. The summed E-state index contributed by atoms with van der Waals surface area (Å²) in [5.41, 5.74) is -0.413. The highest BCUT2D eigenvalue weighted by Gasteiger charge is 2.25. The summed E-state index contributed by atoms with van der Waals surface area (Å²) in [6, 6.07) is 0. The minimum absolute atomic E-state index is 0.413. The zero-order valence-corrected chi connectivity index (χ0v) is 11.8. The normalized spacial score (nSPS) is 13.8. The van der Waals surface area contributed by atoms with Gasteiger partial charge in [0.1, 0.15) is 0 Å². The molecule has 17 heavy (non-hydrogen) atoms. The van der Waals surface area contributed by atoms with Crippen molar-refractivity contribution in [3.63, 3.8) is 0 Å². The van der Waals surface area contributed by atoms with Crippen molar-refractivity contribution in [2.75, 3.05) is 0 Å². The smallest absolute Gasteiger partial charge is 0.324 e. The van der Waals surface area contributed by atoms with E-state index in [4.69, 9.17) is 29.0 Å². The minimum atomic E-state index is -4.64. The molecule has 0 aromatic rings. The van der Waals surface area contributed by atoms with Crippen molar-refractivity contribution in [1.82, 2.24) is 0 Å². The van der Waals surface area contributed by atoms with Crippen LogP contribution in [0.3, 0.4) is 0 Å². The summed E-state index contributed by atoms with van der Waals surface area (Å²) in [5, 5.41) is 0. The van der Waals surface area contributed by atoms with E-state index in [-0.39, 0.29) is 0 Å². The van der Waals surface area contributed by atoms with Crippen LogP contribution in [0.2, 0.25) is 0 Å². The zero-order chi connectivity index (χ0) is 14.1. The zero-order valence-electron chi connectivity index (χ0n) is 10.1. The van der Waals surface area contributed by atoms with Crippen molar-refractivity contribution in [1.29, 1.82) is 0 Å². The van der Waals surface area contributed by atoms with Gasteiger partial charge in [0, 0.05) is 0 Å². The van der Waals surface area contributed by atoms with Gasteiger partial charge in [0.05, 0.1) is 5.66 Å². The van der Waals surface area contributed by atoms with Crippen molar-refractivity contribution in [2.24, 2.45) is 0 Å². The molecule has 0 aromatic heterocycles. The van der Waals surface area contributed by atoms with Gasteiger partial charge in [-0.1, -0.05) is 33.1 Å². The Morgan fingerprint density at radius 1 is 0.941 bits per heavy atom. The minimum Gasteiger partial charge on any atom is -0.324 e. The maximum absolute atomic E-state index is 10.9. The lowest BCUT2D eigenvalue weighted by Crippen LogP contribution is -2.06. The summed E-state index contributed by atoms with van der Waals surface area (Å²) in [6.07, 6.45) is 4.33. The Kier molecular flexibility index (Phi) is 10.6. The average Bonchev–Trinajstić information content (AvgIpc) is 2.07. The summed E-state index contributed by atoms with van der Waals surface area (Å²) in [4.78, 5) is 39.3. The van der Waals surface area contributed by atoms with E-state index in [1.54, 1.807) is 0 Å². The average molecular weight is 292 g/mol. The predicted molar refractivity (Wildman–Crippen MR) is 64.5 cm³/mol. The second-order valence-electron chi connectivity index (χ2n) is 3.66. The molecule has 0 saturated carbocycles. The molecule has 9 heteroatoms. The topological polar surface area (TPSA) is 135 Å². The van der Waals surface area contributed by atoms with Crippen molar-refractivity contribution in [3.05, 3.63) is 0 Å². The van der Waals surface area contributed by atoms with Crippen molar-refractivity contribution in [3.8, 4) is 0 Å². The molecule has 1 atom stereocenters. The van der Waals surface area contributed by atoms with Gasteiger partial charge >= 0.3 is 15.4 Å². The van der Waals surface area contributed by atoms with Gasteiger partial charge in [0.25, 0.3) is 0 Å². The first-order valence-electron chi connectivity index (χ1n) is 5.35. The Balaban J connectivity index is 0. The predicted octanol–water partition coefficient (Wildman–Crippen LogP) is 1.59. The van der Waals surface area contributed by atoms with Crippen LogP contribution in [0.25, 0.3) is 0 Å². The molecule has 5 N–H and O–H groups in total. The number of hydrogen-bond donors (Lipinski definition) is 5. The third-order valence-electron chi connectivity index (χ3n) is 2.09. The van der Waals surface area contributed by atoms with E-state index in [9.17, 15) is 4.57 Å². The first-order chi connectivity index (χ1) is 7.52. The van der Waals surface area contributed by atoms with Crippen LogP contribution in [-0.4, -0.2) is 30.1 Å². The van der Waals surface area contributed by atoms with Gasteiger partial charge in [-0.3, -0.25) is 4.57 Å². The Hall–Kier alpha value is 0.260. The van der Waals surface area contributed by atoms with E-state index in [1.807, 2.05) is 6.92 Å². The van der Waals surface area contributed by atoms with Crippen LogP contribution in [0.5, 0.6) is 0 Å². The van der Waals surface area contributed by atoms with E-state index in [0.29, 0.717) is 12.8 Å². The number of phosphoric acid groups is 1. The van der Waals surface area contributed by atoms with Crippen LogP contribution in [0, 0.1) is 0 Å². The Labute approximate surface area is 101 Å². The van der Waals surface area contributed by atoms with Crippen LogP contribution in [-0.2, 0) is 9.13 Å². The van der Waals surface area contributed by atoms with Crippen molar-refractivity contribution < 1.29 is 33.6 Å². The van der Waals surface area contributed by atoms with Gasteiger partial charge in [-0.15, -0.1) is 0 Å². The van der Waals surface area contributed by atoms with Gasteiger partial charge < -0.3 is 24.5 Å². The lowest BCUT2D eigenvalue weighted by molar-refractivity contribution is 0.275. The molecule has 0 bridgehead atoms. The van der Waals surface area contributed by atoms with Crippen molar-refractivity contribution >= 4 is 15.4 Å². The lowest BCUT2D eigenvalue weighted by Gasteiger charge is -2.15. The highest BCUT2D eigenvalue weighted by atomic mass is 31.2. The van der Waals surface area contributed by atoms with Crippen LogP contribution >= 0.6 is 15.4 Å². The van der Waals surface area contributed by atoms with E-state index >= 15 is 0 Å². The van der Waals surface area contributed by atoms with Gasteiger partial charge in [-0.2, -0.15) is 0 Å². The van der Waals surface area contributed by atoms with Crippen LogP contribution in [0.4, 0.5) is 0 Å². The standard InChI is InChI=1S/C8H19O3P.H3O4P/c1-3-5-6-7-8(4-2)12(9,10)11;1-5(2,3)4/h8H,3-7H2,1-2H3,(H2,9,10,11);(H3,1,2,3,4). The molecule has 106 valence electrons. The fourth-order valence-corrected chi connectivity index (χ4v) is 2.23. The first kappa shape index (κ1) is 19.6. The van der Waals surface area contributed by atoms with Crippen LogP contribution in [0.15, 0.2) is 0 Å². The summed E-state index contributed by atoms with van der Waals surface area (Å²) >= 11 is 0. The molecular weight excluding hydrogens is 270 g/mol. The summed E-state index contributed by atoms with van der Waals surface area (Å²) < 4.78 is 19.7. The fourth-order valence-electron chi connectivity index (χ4n) is 1.24. The molecule has 0 fully saturated rings. The molecule has 0 amide bonds. The second-order valence-corrected chi connectivity index (χ2v) is 6.60. The lowest BCUT2D eigenvalue weighted by atomic mass is 10.1. The third-order valence-corrected chi connectivity index (χ3v) is 3.66. The summed E-state index contributed by atoms with van der Waals surface area (Å²) in [5.74, 6) is 0. The van der Waals surface area contributed by atoms with E-state index in [0.717, 1.165) is 19.3 Å². The first-order valence-corrected chi connectivity index (χ1v) is 8.60. The maximum atomic E-state index is 10.9. The van der Waals surface area contributed by atoms with Gasteiger partial charge in [-0.05, 0) is 12.8 Å². The number of unbranched alkanes of at least 4 members (excludes halogenated alkanes) is 2. The third kappa shape index (κ3) is 18.8. The Bertz CT molecular complexity index is 261. The monoisotopic (exact) mass is 292 g/mol. The summed E-state index contributed by atoms with van der Waals surface area (Å²) in [7, 11) is -8.45. The van der Waals surface area contributed by atoms with Gasteiger partial charge in [0.15, 0.2) is 0 Å². The molecule has 0 heterocycles. The highest BCUT2D eigenvalue weighted by molar-refractivity contribution is 7.52. The molecule has 0 aliphatic heterocycles. The summed E-state index contributed by atoms with van der Waals surface area (Å²) in [6.45, 7) is 3.91. The van der Waals surface area contributed by atoms with Gasteiger partial charge in [0.2, 0.25) is 0 Å². The van der Waals surface area contributed by atoms with Crippen LogP contribution in [0.1, 0.15) is 46.0 Å². The molecule has 1 unspecified atom stereocenters. The van der Waals surface area contributed by atoms with Crippen LogP contribution < -0.4 is 0 Å². The SMILES string of the molecule is CCCCCC(CC)P(=O)(O)O.O=P(O)(O)O. The Morgan fingerprint density at radius 3 is 1.59 bits per heavy atom.